The van der Waals surface area contributed by atoms with Crippen molar-refractivity contribution in [3.05, 3.63) is 0 Å². The number of carbonyl (C=O) groups is 2. The first kappa shape index (κ1) is 15.3. The number of aliphatic carboxylic acids is 1. The quantitative estimate of drug-likeness (QED) is 0.680. The third-order valence-corrected chi connectivity index (χ3v) is 3.95. The van der Waals surface area contributed by atoms with Gasteiger partial charge in [-0.1, -0.05) is 0 Å². The van der Waals surface area contributed by atoms with Gasteiger partial charge in [-0.2, -0.15) is 0 Å². The minimum atomic E-state index is -0.762. The van der Waals surface area contributed by atoms with E-state index in [1.54, 1.807) is 0 Å². The molecular weight excluding hydrogens is 262 g/mol. The van der Waals surface area contributed by atoms with Gasteiger partial charge in [0.1, 0.15) is 0 Å². The molecule has 1 aliphatic carbocycles. The number of carboxylic acid groups (broad SMARTS) is 1. The lowest BCUT2D eigenvalue weighted by Gasteiger charge is -2.13. The van der Waals surface area contributed by atoms with Crippen molar-refractivity contribution in [1.29, 1.82) is 0 Å². The fraction of sp³-hybridized carbons (Fsp3) is 0.857. The van der Waals surface area contributed by atoms with Crippen LogP contribution in [-0.4, -0.2) is 48.9 Å². The molecule has 1 unspecified atom stereocenters. The lowest BCUT2D eigenvalue weighted by molar-refractivity contribution is -0.141. The zero-order valence-electron chi connectivity index (χ0n) is 11.7. The number of carboxylic acids is 1. The van der Waals surface area contributed by atoms with E-state index in [1.165, 1.54) is 0 Å². The molecule has 2 rings (SSSR count). The summed E-state index contributed by atoms with van der Waals surface area (Å²) in [7, 11) is 0. The van der Waals surface area contributed by atoms with Crippen LogP contribution in [0.5, 0.6) is 0 Å². The monoisotopic (exact) mass is 285 g/mol. The van der Waals surface area contributed by atoms with Crippen LogP contribution in [-0.2, 0) is 19.1 Å². The molecule has 0 bridgehead atoms. The van der Waals surface area contributed by atoms with Crippen molar-refractivity contribution in [2.45, 2.75) is 50.7 Å². The average Bonchev–Trinajstić information content (AvgIpc) is 3.05. The number of carbonyl (C=O) groups excluding carboxylic acids is 1. The molecule has 0 aromatic carbocycles. The third-order valence-electron chi connectivity index (χ3n) is 3.95. The Morgan fingerprint density at radius 3 is 2.80 bits per heavy atom. The van der Waals surface area contributed by atoms with Gasteiger partial charge in [0.25, 0.3) is 0 Å². The molecule has 0 aromatic heterocycles. The van der Waals surface area contributed by atoms with Crippen LogP contribution in [0.4, 0.5) is 0 Å². The summed E-state index contributed by atoms with van der Waals surface area (Å²) in [5.74, 6) is -1.13. The number of nitrogens with one attached hydrogen (secondary N) is 1. The van der Waals surface area contributed by atoms with Gasteiger partial charge in [-0.3, -0.25) is 9.59 Å². The highest BCUT2D eigenvalue weighted by molar-refractivity contribution is 5.76. The minimum Gasteiger partial charge on any atom is -0.481 e. The van der Waals surface area contributed by atoms with Crippen molar-refractivity contribution < 1.29 is 24.2 Å². The van der Waals surface area contributed by atoms with Gasteiger partial charge in [0, 0.05) is 19.1 Å². The Balaban J connectivity index is 1.53. The van der Waals surface area contributed by atoms with E-state index < -0.39 is 5.97 Å². The Labute approximate surface area is 118 Å². The topological polar surface area (TPSA) is 84.9 Å². The Kier molecular flexibility index (Phi) is 5.79. The van der Waals surface area contributed by atoms with Gasteiger partial charge < -0.3 is 19.9 Å². The molecule has 3 atom stereocenters. The van der Waals surface area contributed by atoms with Gasteiger partial charge in [-0.05, 0) is 32.1 Å². The summed E-state index contributed by atoms with van der Waals surface area (Å²) in [4.78, 5) is 22.5. The molecular formula is C14H23NO5. The molecule has 1 amide bonds. The molecule has 2 N–H and O–H groups in total. The second-order valence-corrected chi connectivity index (χ2v) is 5.57. The summed E-state index contributed by atoms with van der Waals surface area (Å²) in [5.41, 5.74) is 0. The molecule has 1 aliphatic heterocycles. The van der Waals surface area contributed by atoms with E-state index in [4.69, 9.17) is 14.6 Å². The molecule has 114 valence electrons. The Bertz CT molecular complexity index is 340. The van der Waals surface area contributed by atoms with Gasteiger partial charge >= 0.3 is 5.97 Å². The highest BCUT2D eigenvalue weighted by Gasteiger charge is 2.30. The standard InChI is InChI=1S/C14H23NO5/c16-13(5-7-19-9-12-2-1-6-20-12)15-11-4-3-10(8-11)14(17)18/h10-12H,1-9H2,(H,15,16)(H,17,18)/t10-,11+,12?/m1/s1. The van der Waals surface area contributed by atoms with E-state index in [2.05, 4.69) is 5.32 Å². The molecule has 20 heavy (non-hydrogen) atoms. The van der Waals surface area contributed by atoms with E-state index in [0.29, 0.717) is 32.5 Å². The van der Waals surface area contributed by atoms with Crippen LogP contribution in [0.3, 0.4) is 0 Å². The predicted molar refractivity (Wildman–Crippen MR) is 71.3 cm³/mol. The Morgan fingerprint density at radius 2 is 2.15 bits per heavy atom. The average molecular weight is 285 g/mol. The first-order valence-electron chi connectivity index (χ1n) is 7.36. The maximum absolute atomic E-state index is 11.7. The van der Waals surface area contributed by atoms with E-state index in [1.807, 2.05) is 0 Å². The van der Waals surface area contributed by atoms with Gasteiger partial charge in [-0.25, -0.2) is 0 Å². The molecule has 1 saturated carbocycles. The van der Waals surface area contributed by atoms with Gasteiger partial charge in [0.2, 0.25) is 5.91 Å². The molecule has 1 heterocycles. The van der Waals surface area contributed by atoms with Crippen LogP contribution >= 0.6 is 0 Å². The normalized spacial score (nSPS) is 29.5. The smallest absolute Gasteiger partial charge is 0.306 e. The van der Waals surface area contributed by atoms with E-state index in [-0.39, 0.29) is 24.0 Å². The fourth-order valence-electron chi connectivity index (χ4n) is 2.79. The third kappa shape index (κ3) is 4.76. The second kappa shape index (κ2) is 7.59. The SMILES string of the molecule is O=C(CCOCC1CCCO1)N[C@H]1CC[C@@H](C(=O)O)C1. The van der Waals surface area contributed by atoms with Crippen LogP contribution in [0.1, 0.15) is 38.5 Å². The fourth-order valence-corrected chi connectivity index (χ4v) is 2.79. The van der Waals surface area contributed by atoms with E-state index in [9.17, 15) is 9.59 Å². The van der Waals surface area contributed by atoms with Crippen LogP contribution in [0, 0.1) is 5.92 Å². The highest BCUT2D eigenvalue weighted by Crippen LogP contribution is 2.25. The van der Waals surface area contributed by atoms with Crippen LogP contribution in [0.2, 0.25) is 0 Å². The van der Waals surface area contributed by atoms with Gasteiger partial charge in [-0.15, -0.1) is 0 Å². The number of rotatable bonds is 7. The lowest BCUT2D eigenvalue weighted by atomic mass is 10.1. The first-order valence-corrected chi connectivity index (χ1v) is 7.36. The zero-order chi connectivity index (χ0) is 14.4. The van der Waals surface area contributed by atoms with Crippen molar-refractivity contribution in [1.82, 2.24) is 5.32 Å². The second-order valence-electron chi connectivity index (χ2n) is 5.57. The zero-order valence-corrected chi connectivity index (χ0v) is 11.7. The Morgan fingerprint density at radius 1 is 1.30 bits per heavy atom. The molecule has 0 radical (unpaired) electrons. The maximum atomic E-state index is 11.7. The van der Waals surface area contributed by atoms with Crippen molar-refractivity contribution in [2.75, 3.05) is 19.8 Å². The number of hydrogen-bond acceptors (Lipinski definition) is 4. The summed E-state index contributed by atoms with van der Waals surface area (Å²) in [6, 6.07) is 0.00163. The van der Waals surface area contributed by atoms with Crippen LogP contribution in [0.15, 0.2) is 0 Å². The molecule has 0 spiro atoms. The molecule has 2 fully saturated rings. The number of amides is 1. The van der Waals surface area contributed by atoms with Crippen molar-refractivity contribution in [3.8, 4) is 0 Å². The van der Waals surface area contributed by atoms with Crippen molar-refractivity contribution >= 4 is 11.9 Å². The lowest BCUT2D eigenvalue weighted by Crippen LogP contribution is -2.34. The summed E-state index contributed by atoms with van der Waals surface area (Å²) in [6.07, 6.45) is 4.56. The predicted octanol–water partition coefficient (Wildman–Crippen LogP) is 0.942. The molecule has 6 heteroatoms. The maximum Gasteiger partial charge on any atom is 0.306 e. The highest BCUT2D eigenvalue weighted by atomic mass is 16.5. The van der Waals surface area contributed by atoms with Gasteiger partial charge in [0.05, 0.1) is 25.2 Å². The largest absolute Gasteiger partial charge is 0.481 e. The van der Waals surface area contributed by atoms with Crippen LogP contribution < -0.4 is 5.32 Å². The Hall–Kier alpha value is -1.14. The first-order chi connectivity index (χ1) is 9.65. The summed E-state index contributed by atoms with van der Waals surface area (Å²) in [6.45, 7) is 1.75. The van der Waals surface area contributed by atoms with E-state index >= 15 is 0 Å². The molecule has 6 nitrogen and oxygen atoms in total. The minimum absolute atomic E-state index is 0.00163. The molecule has 2 aliphatic rings. The van der Waals surface area contributed by atoms with Crippen molar-refractivity contribution in [2.24, 2.45) is 5.92 Å². The van der Waals surface area contributed by atoms with Crippen LogP contribution in [0.25, 0.3) is 0 Å². The molecule has 1 saturated heterocycles. The number of hydrogen-bond donors (Lipinski definition) is 2. The summed E-state index contributed by atoms with van der Waals surface area (Å²) < 4.78 is 10.9. The summed E-state index contributed by atoms with van der Waals surface area (Å²) in [5, 5.41) is 11.8. The summed E-state index contributed by atoms with van der Waals surface area (Å²) >= 11 is 0. The van der Waals surface area contributed by atoms with E-state index in [0.717, 1.165) is 25.9 Å². The molecule has 0 aromatic rings. The van der Waals surface area contributed by atoms with Crippen molar-refractivity contribution in [3.63, 3.8) is 0 Å². The van der Waals surface area contributed by atoms with Gasteiger partial charge in [0.15, 0.2) is 0 Å². The number of ether oxygens (including phenoxy) is 2.